The SMILES string of the molecule is CS/C(=N\C#N)Nc1ccc(-c2ccc(S(C)(=O)=O)cc2)c(Cl)c1. The van der Waals surface area contributed by atoms with Gasteiger partial charge in [0.15, 0.2) is 15.0 Å². The Morgan fingerprint density at radius 2 is 1.92 bits per heavy atom. The second-order valence-corrected chi connectivity index (χ2v) is 8.06. The Balaban J connectivity index is 2.30. The van der Waals surface area contributed by atoms with Crippen molar-refractivity contribution < 1.29 is 8.42 Å². The van der Waals surface area contributed by atoms with E-state index in [4.69, 9.17) is 16.9 Å². The maximum absolute atomic E-state index is 11.5. The van der Waals surface area contributed by atoms with Crippen LogP contribution in [-0.4, -0.2) is 26.1 Å². The van der Waals surface area contributed by atoms with Crippen molar-refractivity contribution in [1.29, 1.82) is 5.26 Å². The summed E-state index contributed by atoms with van der Waals surface area (Å²) in [5, 5.41) is 12.6. The first-order valence-corrected chi connectivity index (χ1v) is 10.2. The number of aliphatic imine (C=N–C) groups is 1. The third-order valence-corrected chi connectivity index (χ3v) is 5.18. The summed E-state index contributed by atoms with van der Waals surface area (Å²) in [5.74, 6) is 0. The number of hydrogen-bond acceptors (Lipinski definition) is 5. The van der Waals surface area contributed by atoms with Crippen LogP contribution in [0.4, 0.5) is 5.69 Å². The van der Waals surface area contributed by atoms with Crippen molar-refractivity contribution in [3.63, 3.8) is 0 Å². The number of sulfone groups is 1. The lowest BCUT2D eigenvalue weighted by molar-refractivity contribution is 0.602. The van der Waals surface area contributed by atoms with E-state index in [9.17, 15) is 8.42 Å². The normalized spacial score (nSPS) is 11.8. The summed E-state index contributed by atoms with van der Waals surface area (Å²) < 4.78 is 23.0. The first-order chi connectivity index (χ1) is 11.3. The molecular weight excluding hydrogens is 366 g/mol. The van der Waals surface area contributed by atoms with Crippen molar-refractivity contribution in [3.05, 3.63) is 47.5 Å². The fourth-order valence-corrected chi connectivity index (χ4v) is 3.27. The van der Waals surface area contributed by atoms with Gasteiger partial charge in [-0.25, -0.2) is 8.42 Å². The average molecular weight is 380 g/mol. The summed E-state index contributed by atoms with van der Waals surface area (Å²) >= 11 is 7.64. The van der Waals surface area contributed by atoms with Gasteiger partial charge in [-0.1, -0.05) is 41.6 Å². The van der Waals surface area contributed by atoms with Gasteiger partial charge in [0.2, 0.25) is 6.19 Å². The first-order valence-electron chi connectivity index (χ1n) is 6.73. The molecule has 124 valence electrons. The number of nitrogens with zero attached hydrogens (tertiary/aromatic N) is 2. The number of benzene rings is 2. The highest BCUT2D eigenvalue weighted by Crippen LogP contribution is 2.31. The van der Waals surface area contributed by atoms with E-state index in [-0.39, 0.29) is 4.90 Å². The highest BCUT2D eigenvalue weighted by atomic mass is 35.5. The molecule has 0 unspecified atom stereocenters. The third kappa shape index (κ3) is 4.51. The minimum atomic E-state index is -3.23. The lowest BCUT2D eigenvalue weighted by Crippen LogP contribution is -2.06. The van der Waals surface area contributed by atoms with Crippen molar-refractivity contribution in [2.45, 2.75) is 4.90 Å². The molecule has 0 bridgehead atoms. The quantitative estimate of drug-likeness (QED) is 0.494. The van der Waals surface area contributed by atoms with Gasteiger partial charge in [-0.3, -0.25) is 0 Å². The van der Waals surface area contributed by atoms with Gasteiger partial charge in [-0.2, -0.15) is 5.26 Å². The maximum Gasteiger partial charge on any atom is 0.208 e. The van der Waals surface area contributed by atoms with Gasteiger partial charge in [-0.15, -0.1) is 4.99 Å². The van der Waals surface area contributed by atoms with E-state index in [2.05, 4.69) is 10.3 Å². The standard InChI is InChI=1S/C16H14ClN3O2S2/c1-23-16(19-10-18)20-12-5-8-14(15(17)9-12)11-3-6-13(7-4-11)24(2,21)22/h3-9H,1-2H3,(H,19,20). The Morgan fingerprint density at radius 3 is 2.42 bits per heavy atom. The van der Waals surface area contributed by atoms with Gasteiger partial charge in [0.05, 0.1) is 9.92 Å². The van der Waals surface area contributed by atoms with E-state index in [1.165, 1.54) is 18.0 Å². The number of hydrogen-bond donors (Lipinski definition) is 1. The van der Waals surface area contributed by atoms with Crippen LogP contribution in [-0.2, 0) is 9.84 Å². The molecule has 0 aliphatic heterocycles. The Bertz CT molecular complexity index is 917. The number of rotatable bonds is 3. The summed E-state index contributed by atoms with van der Waals surface area (Å²) in [7, 11) is -3.23. The van der Waals surface area contributed by atoms with Crippen LogP contribution in [0.3, 0.4) is 0 Å². The monoisotopic (exact) mass is 379 g/mol. The molecule has 2 aromatic rings. The van der Waals surface area contributed by atoms with E-state index >= 15 is 0 Å². The molecule has 0 radical (unpaired) electrons. The molecule has 1 N–H and O–H groups in total. The molecule has 0 heterocycles. The van der Waals surface area contributed by atoms with Crippen LogP contribution < -0.4 is 5.32 Å². The Hall–Kier alpha value is -2.01. The molecule has 0 aliphatic rings. The summed E-state index contributed by atoms with van der Waals surface area (Å²) in [5.41, 5.74) is 2.31. The molecule has 24 heavy (non-hydrogen) atoms. The van der Waals surface area contributed by atoms with Crippen LogP contribution in [0.25, 0.3) is 11.1 Å². The van der Waals surface area contributed by atoms with E-state index in [1.54, 1.807) is 36.5 Å². The predicted octanol–water partition coefficient (Wildman–Crippen LogP) is 4.02. The fraction of sp³-hybridized carbons (Fsp3) is 0.125. The smallest absolute Gasteiger partial charge is 0.208 e. The van der Waals surface area contributed by atoms with Gasteiger partial charge < -0.3 is 5.32 Å². The molecule has 5 nitrogen and oxygen atoms in total. The van der Waals surface area contributed by atoms with Gasteiger partial charge in [0.1, 0.15) is 0 Å². The summed E-state index contributed by atoms with van der Waals surface area (Å²) in [6.45, 7) is 0. The zero-order chi connectivity index (χ0) is 17.7. The molecule has 0 fully saturated rings. The van der Waals surface area contributed by atoms with Crippen molar-refractivity contribution in [1.82, 2.24) is 0 Å². The van der Waals surface area contributed by atoms with E-state index in [0.29, 0.717) is 15.9 Å². The number of nitriles is 1. The average Bonchev–Trinajstić information content (AvgIpc) is 2.54. The van der Waals surface area contributed by atoms with Gasteiger partial charge >= 0.3 is 0 Å². The van der Waals surface area contributed by atoms with E-state index < -0.39 is 9.84 Å². The maximum atomic E-state index is 11.5. The van der Waals surface area contributed by atoms with Crippen LogP contribution >= 0.6 is 23.4 Å². The highest BCUT2D eigenvalue weighted by molar-refractivity contribution is 8.13. The lowest BCUT2D eigenvalue weighted by atomic mass is 10.1. The van der Waals surface area contributed by atoms with E-state index in [1.807, 2.05) is 18.4 Å². The Morgan fingerprint density at radius 1 is 1.25 bits per heavy atom. The molecule has 2 aromatic carbocycles. The highest BCUT2D eigenvalue weighted by Gasteiger charge is 2.09. The van der Waals surface area contributed by atoms with Crippen LogP contribution in [0.1, 0.15) is 0 Å². The lowest BCUT2D eigenvalue weighted by Gasteiger charge is -2.10. The summed E-state index contributed by atoms with van der Waals surface area (Å²) in [6, 6.07) is 11.9. The van der Waals surface area contributed by atoms with Gasteiger partial charge in [0.25, 0.3) is 0 Å². The molecule has 0 saturated carbocycles. The molecule has 0 amide bonds. The largest absolute Gasteiger partial charge is 0.334 e. The van der Waals surface area contributed by atoms with Crippen LogP contribution in [0.2, 0.25) is 5.02 Å². The molecule has 0 atom stereocenters. The van der Waals surface area contributed by atoms with Crippen LogP contribution in [0, 0.1) is 11.5 Å². The molecular formula is C16H14ClN3O2S2. The summed E-state index contributed by atoms with van der Waals surface area (Å²) in [4.78, 5) is 3.92. The van der Waals surface area contributed by atoms with Crippen molar-refractivity contribution in [2.75, 3.05) is 17.8 Å². The minimum absolute atomic E-state index is 0.262. The molecule has 0 saturated heterocycles. The molecule has 0 aromatic heterocycles. The fourth-order valence-electron chi connectivity index (χ4n) is 2.00. The van der Waals surface area contributed by atoms with Crippen molar-refractivity contribution in [2.24, 2.45) is 4.99 Å². The Labute approximate surface area is 150 Å². The minimum Gasteiger partial charge on any atom is -0.334 e. The van der Waals surface area contributed by atoms with E-state index in [0.717, 1.165) is 11.1 Å². The zero-order valence-corrected chi connectivity index (χ0v) is 15.3. The molecule has 8 heteroatoms. The number of nitrogens with one attached hydrogen (secondary N) is 1. The van der Waals surface area contributed by atoms with Crippen molar-refractivity contribution >= 4 is 44.1 Å². The number of amidine groups is 1. The molecule has 2 rings (SSSR count). The van der Waals surface area contributed by atoms with Crippen LogP contribution in [0.5, 0.6) is 0 Å². The third-order valence-electron chi connectivity index (χ3n) is 3.16. The van der Waals surface area contributed by atoms with Crippen LogP contribution in [0.15, 0.2) is 52.4 Å². The van der Waals surface area contributed by atoms with Gasteiger partial charge in [-0.05, 0) is 36.1 Å². The molecule has 0 spiro atoms. The first kappa shape index (κ1) is 18.3. The van der Waals surface area contributed by atoms with Gasteiger partial charge in [0, 0.05) is 17.5 Å². The number of halogens is 1. The number of thioether (sulfide) groups is 1. The topological polar surface area (TPSA) is 82.3 Å². The number of anilines is 1. The summed E-state index contributed by atoms with van der Waals surface area (Å²) in [6.07, 6.45) is 4.71. The molecule has 0 aliphatic carbocycles. The second-order valence-electron chi connectivity index (χ2n) is 4.84. The predicted molar refractivity (Wildman–Crippen MR) is 100 cm³/mol. The Kier molecular flexibility index (Phi) is 5.89. The second kappa shape index (κ2) is 7.71. The zero-order valence-electron chi connectivity index (χ0n) is 12.9. The van der Waals surface area contributed by atoms with Crippen molar-refractivity contribution in [3.8, 4) is 17.3 Å².